The van der Waals surface area contributed by atoms with Crippen molar-refractivity contribution in [1.82, 2.24) is 4.90 Å². The third-order valence-corrected chi connectivity index (χ3v) is 4.59. The van der Waals surface area contributed by atoms with E-state index >= 15 is 0 Å². The summed E-state index contributed by atoms with van der Waals surface area (Å²) >= 11 is 0. The zero-order chi connectivity index (χ0) is 18.7. The van der Waals surface area contributed by atoms with Gasteiger partial charge in [0.25, 0.3) is 5.91 Å². The molecule has 2 fully saturated rings. The highest BCUT2D eigenvalue weighted by molar-refractivity contribution is 6.03. The van der Waals surface area contributed by atoms with Gasteiger partial charge in [-0.15, -0.1) is 0 Å². The third-order valence-electron chi connectivity index (χ3n) is 4.59. The second-order valence-electron chi connectivity index (χ2n) is 6.80. The van der Waals surface area contributed by atoms with Crippen LogP contribution in [0.15, 0.2) is 24.3 Å². The first-order valence-corrected chi connectivity index (χ1v) is 8.95. The van der Waals surface area contributed by atoms with Crippen molar-refractivity contribution in [1.29, 1.82) is 0 Å². The zero-order valence-electron chi connectivity index (χ0n) is 15.1. The maximum absolute atomic E-state index is 12.5. The van der Waals surface area contributed by atoms with Gasteiger partial charge in [-0.25, -0.2) is 4.79 Å². The van der Waals surface area contributed by atoms with E-state index in [2.05, 4.69) is 0 Å². The van der Waals surface area contributed by atoms with Gasteiger partial charge in [-0.05, 0) is 32.4 Å². The SMILES string of the molecule is C[C@@H]1CN(C(=O)COC(=O)c2ccccc2N2CCCC2=O)C[C@H](C)O1. The monoisotopic (exact) mass is 360 g/mol. The van der Waals surface area contributed by atoms with Gasteiger partial charge in [0.15, 0.2) is 6.61 Å². The number of esters is 1. The molecule has 2 heterocycles. The number of carbonyl (C=O) groups is 3. The molecule has 0 unspecified atom stereocenters. The van der Waals surface area contributed by atoms with E-state index in [9.17, 15) is 14.4 Å². The molecule has 2 atom stereocenters. The van der Waals surface area contributed by atoms with E-state index in [0.29, 0.717) is 37.3 Å². The molecule has 0 aromatic heterocycles. The van der Waals surface area contributed by atoms with Crippen molar-refractivity contribution in [3.05, 3.63) is 29.8 Å². The number of morpholine rings is 1. The summed E-state index contributed by atoms with van der Waals surface area (Å²) in [6, 6.07) is 6.84. The number of ether oxygens (including phenoxy) is 2. The number of carbonyl (C=O) groups excluding carboxylic acids is 3. The van der Waals surface area contributed by atoms with E-state index in [1.54, 1.807) is 34.1 Å². The molecule has 7 nitrogen and oxygen atoms in total. The van der Waals surface area contributed by atoms with E-state index in [0.717, 1.165) is 6.42 Å². The summed E-state index contributed by atoms with van der Waals surface area (Å²) in [6.07, 6.45) is 1.17. The zero-order valence-corrected chi connectivity index (χ0v) is 15.1. The van der Waals surface area contributed by atoms with E-state index in [1.807, 2.05) is 13.8 Å². The van der Waals surface area contributed by atoms with Crippen LogP contribution in [0, 0.1) is 0 Å². The minimum absolute atomic E-state index is 0.00221. The van der Waals surface area contributed by atoms with Crippen LogP contribution >= 0.6 is 0 Å². The lowest BCUT2D eigenvalue weighted by Crippen LogP contribution is -2.49. The molecule has 2 aliphatic rings. The fourth-order valence-corrected chi connectivity index (χ4v) is 3.46. The predicted octanol–water partition coefficient (Wildman–Crippen LogP) is 1.61. The summed E-state index contributed by atoms with van der Waals surface area (Å²) in [7, 11) is 0. The van der Waals surface area contributed by atoms with Crippen molar-refractivity contribution in [2.45, 2.75) is 38.9 Å². The molecule has 0 radical (unpaired) electrons. The number of amides is 2. The first-order valence-electron chi connectivity index (χ1n) is 8.95. The summed E-state index contributed by atoms with van der Waals surface area (Å²) < 4.78 is 10.8. The Morgan fingerprint density at radius 2 is 1.88 bits per heavy atom. The van der Waals surface area contributed by atoms with Crippen LogP contribution < -0.4 is 4.90 Å². The van der Waals surface area contributed by atoms with Gasteiger partial charge in [0.05, 0.1) is 23.5 Å². The smallest absolute Gasteiger partial charge is 0.340 e. The van der Waals surface area contributed by atoms with Crippen molar-refractivity contribution in [2.75, 3.05) is 31.1 Å². The van der Waals surface area contributed by atoms with Crippen LogP contribution in [0.4, 0.5) is 5.69 Å². The maximum Gasteiger partial charge on any atom is 0.340 e. The number of para-hydroxylation sites is 1. The van der Waals surface area contributed by atoms with E-state index < -0.39 is 5.97 Å². The van der Waals surface area contributed by atoms with E-state index in [-0.39, 0.29) is 30.6 Å². The lowest BCUT2D eigenvalue weighted by Gasteiger charge is -2.35. The Balaban J connectivity index is 1.64. The molecule has 0 aliphatic carbocycles. The average Bonchev–Trinajstić information content (AvgIpc) is 3.04. The van der Waals surface area contributed by atoms with E-state index in [1.165, 1.54) is 0 Å². The molecule has 140 valence electrons. The van der Waals surface area contributed by atoms with Gasteiger partial charge in [0, 0.05) is 26.1 Å². The summed E-state index contributed by atoms with van der Waals surface area (Å²) in [5.74, 6) is -0.837. The molecule has 2 amide bonds. The minimum atomic E-state index is -0.594. The lowest BCUT2D eigenvalue weighted by molar-refractivity contribution is -0.146. The molecule has 0 N–H and O–H groups in total. The first kappa shape index (κ1) is 18.4. The topological polar surface area (TPSA) is 76.2 Å². The molecular weight excluding hydrogens is 336 g/mol. The van der Waals surface area contributed by atoms with Gasteiger partial charge >= 0.3 is 5.97 Å². The van der Waals surface area contributed by atoms with Gasteiger partial charge in [-0.2, -0.15) is 0 Å². The summed E-state index contributed by atoms with van der Waals surface area (Å²) in [5, 5.41) is 0. The molecule has 26 heavy (non-hydrogen) atoms. The van der Waals surface area contributed by atoms with Crippen LogP contribution in [0.25, 0.3) is 0 Å². The molecule has 2 aliphatic heterocycles. The van der Waals surface area contributed by atoms with Gasteiger partial charge in [-0.1, -0.05) is 12.1 Å². The van der Waals surface area contributed by atoms with Crippen molar-refractivity contribution < 1.29 is 23.9 Å². The fraction of sp³-hybridized carbons (Fsp3) is 0.526. The lowest BCUT2D eigenvalue weighted by atomic mass is 10.1. The maximum atomic E-state index is 12.5. The highest BCUT2D eigenvalue weighted by Gasteiger charge is 2.28. The predicted molar refractivity (Wildman–Crippen MR) is 94.9 cm³/mol. The molecule has 1 aromatic rings. The fourth-order valence-electron chi connectivity index (χ4n) is 3.46. The summed E-state index contributed by atoms with van der Waals surface area (Å²) in [5.41, 5.74) is 0.848. The third kappa shape index (κ3) is 4.04. The second-order valence-corrected chi connectivity index (χ2v) is 6.80. The van der Waals surface area contributed by atoms with Crippen molar-refractivity contribution in [3.63, 3.8) is 0 Å². The van der Waals surface area contributed by atoms with Gasteiger partial charge < -0.3 is 19.3 Å². The highest BCUT2D eigenvalue weighted by Crippen LogP contribution is 2.26. The number of nitrogens with zero attached hydrogens (tertiary/aromatic N) is 2. The minimum Gasteiger partial charge on any atom is -0.452 e. The Bertz CT molecular complexity index is 695. The molecule has 0 bridgehead atoms. The van der Waals surface area contributed by atoms with E-state index in [4.69, 9.17) is 9.47 Å². The molecule has 1 aromatic carbocycles. The van der Waals surface area contributed by atoms with Crippen LogP contribution in [0.1, 0.15) is 37.0 Å². The highest BCUT2D eigenvalue weighted by atomic mass is 16.5. The van der Waals surface area contributed by atoms with Crippen LogP contribution in [-0.4, -0.2) is 61.1 Å². The molecule has 0 spiro atoms. The Hall–Kier alpha value is -2.41. The van der Waals surface area contributed by atoms with Crippen molar-refractivity contribution in [2.24, 2.45) is 0 Å². The van der Waals surface area contributed by atoms with Crippen LogP contribution in [-0.2, 0) is 19.1 Å². The number of benzene rings is 1. The molecule has 7 heteroatoms. The standard InChI is InChI=1S/C19H24N2O5/c1-13-10-20(11-14(2)26-13)18(23)12-25-19(24)15-6-3-4-7-16(15)21-9-5-8-17(21)22/h3-4,6-7,13-14H,5,8-12H2,1-2H3/t13-,14+. The molecular formula is C19H24N2O5. The Labute approximate surface area is 152 Å². The number of hydrogen-bond acceptors (Lipinski definition) is 5. The van der Waals surface area contributed by atoms with Gasteiger partial charge in [-0.3, -0.25) is 9.59 Å². The summed E-state index contributed by atoms with van der Waals surface area (Å²) in [4.78, 5) is 40.1. The normalized spacial score (nSPS) is 23.2. The van der Waals surface area contributed by atoms with Gasteiger partial charge in [0.1, 0.15) is 0 Å². The van der Waals surface area contributed by atoms with Crippen molar-refractivity contribution >= 4 is 23.5 Å². The number of hydrogen-bond donors (Lipinski definition) is 0. The summed E-state index contributed by atoms with van der Waals surface area (Å²) in [6.45, 7) is 5.06. The molecule has 2 saturated heterocycles. The van der Waals surface area contributed by atoms with Crippen LogP contribution in [0.5, 0.6) is 0 Å². The Morgan fingerprint density at radius 3 is 2.54 bits per heavy atom. The Morgan fingerprint density at radius 1 is 1.19 bits per heavy atom. The second kappa shape index (κ2) is 7.86. The number of anilines is 1. The quantitative estimate of drug-likeness (QED) is 0.763. The van der Waals surface area contributed by atoms with Crippen LogP contribution in [0.3, 0.4) is 0 Å². The van der Waals surface area contributed by atoms with Gasteiger partial charge in [0.2, 0.25) is 5.91 Å². The Kier molecular flexibility index (Phi) is 5.56. The molecule has 3 rings (SSSR count). The molecule has 0 saturated carbocycles. The first-order chi connectivity index (χ1) is 12.5. The van der Waals surface area contributed by atoms with Crippen molar-refractivity contribution in [3.8, 4) is 0 Å². The number of rotatable bonds is 4. The average molecular weight is 360 g/mol. The largest absolute Gasteiger partial charge is 0.452 e. The van der Waals surface area contributed by atoms with Crippen LogP contribution in [0.2, 0.25) is 0 Å².